The summed E-state index contributed by atoms with van der Waals surface area (Å²) in [5.41, 5.74) is 0. The maximum absolute atomic E-state index is 11.7. The SMILES string of the molecule is CCC(=O)OCC1CCCN1C(=O)OCOP(=O)(O)O. The number of hydrogen-bond acceptors (Lipinski definition) is 6. The first-order valence-electron chi connectivity index (χ1n) is 6.12. The van der Waals surface area contributed by atoms with Crippen LogP contribution in [0.5, 0.6) is 0 Å². The zero-order valence-electron chi connectivity index (χ0n) is 11.1. The predicted octanol–water partition coefficient (Wildman–Crippen LogP) is 0.607. The third kappa shape index (κ3) is 5.87. The molecule has 116 valence electrons. The van der Waals surface area contributed by atoms with Crippen molar-refractivity contribution in [2.45, 2.75) is 32.2 Å². The van der Waals surface area contributed by atoms with Crippen LogP contribution in [0.3, 0.4) is 0 Å². The van der Waals surface area contributed by atoms with Crippen LogP contribution in [0.15, 0.2) is 0 Å². The van der Waals surface area contributed by atoms with Crippen molar-refractivity contribution in [3.8, 4) is 0 Å². The molecule has 0 saturated carbocycles. The van der Waals surface area contributed by atoms with Crippen molar-refractivity contribution in [1.82, 2.24) is 4.90 Å². The van der Waals surface area contributed by atoms with Crippen molar-refractivity contribution in [2.75, 3.05) is 19.9 Å². The Balaban J connectivity index is 2.37. The first kappa shape index (κ1) is 16.9. The van der Waals surface area contributed by atoms with Crippen molar-refractivity contribution in [1.29, 1.82) is 0 Å². The number of ether oxygens (including phenoxy) is 2. The summed E-state index contributed by atoms with van der Waals surface area (Å²) in [6.07, 6.45) is 0.912. The van der Waals surface area contributed by atoms with E-state index >= 15 is 0 Å². The molecule has 2 N–H and O–H groups in total. The molecule has 0 aromatic carbocycles. The van der Waals surface area contributed by atoms with E-state index in [2.05, 4.69) is 9.26 Å². The fourth-order valence-electron chi connectivity index (χ4n) is 1.77. The van der Waals surface area contributed by atoms with E-state index < -0.39 is 20.7 Å². The van der Waals surface area contributed by atoms with Gasteiger partial charge in [-0.3, -0.25) is 4.79 Å². The average Bonchev–Trinajstić information content (AvgIpc) is 2.82. The summed E-state index contributed by atoms with van der Waals surface area (Å²) >= 11 is 0. The van der Waals surface area contributed by atoms with Crippen LogP contribution in [0.1, 0.15) is 26.2 Å². The lowest BCUT2D eigenvalue weighted by molar-refractivity contribution is -0.144. The molecule has 20 heavy (non-hydrogen) atoms. The predicted molar refractivity (Wildman–Crippen MR) is 65.5 cm³/mol. The van der Waals surface area contributed by atoms with Crippen molar-refractivity contribution in [2.24, 2.45) is 0 Å². The Bertz CT molecular complexity index is 395. The Morgan fingerprint density at radius 3 is 2.65 bits per heavy atom. The molecule has 0 aromatic heterocycles. The van der Waals surface area contributed by atoms with E-state index in [1.807, 2.05) is 0 Å². The third-order valence-electron chi connectivity index (χ3n) is 2.74. The first-order chi connectivity index (χ1) is 9.33. The van der Waals surface area contributed by atoms with Crippen LogP contribution >= 0.6 is 7.82 Å². The summed E-state index contributed by atoms with van der Waals surface area (Å²) in [4.78, 5) is 41.0. The van der Waals surface area contributed by atoms with Crippen LogP contribution in [0.2, 0.25) is 0 Å². The van der Waals surface area contributed by atoms with Gasteiger partial charge in [-0.1, -0.05) is 6.92 Å². The number of phosphoric acid groups is 1. The lowest BCUT2D eigenvalue weighted by Crippen LogP contribution is -2.39. The summed E-state index contributed by atoms with van der Waals surface area (Å²) < 4.78 is 24.0. The van der Waals surface area contributed by atoms with Gasteiger partial charge in [0.25, 0.3) is 0 Å². The number of carbonyl (C=O) groups is 2. The molecule has 0 radical (unpaired) electrons. The van der Waals surface area contributed by atoms with E-state index in [1.54, 1.807) is 6.92 Å². The highest BCUT2D eigenvalue weighted by Crippen LogP contribution is 2.35. The molecule has 0 spiro atoms. The third-order valence-corrected chi connectivity index (χ3v) is 3.18. The molecule has 1 aliphatic heterocycles. The number of carbonyl (C=O) groups excluding carboxylic acids is 2. The smallest absolute Gasteiger partial charge is 0.463 e. The minimum atomic E-state index is -4.66. The number of nitrogens with zero attached hydrogens (tertiary/aromatic N) is 1. The molecular formula is C10H18NO8P. The highest BCUT2D eigenvalue weighted by molar-refractivity contribution is 7.46. The van der Waals surface area contributed by atoms with Gasteiger partial charge in [0.2, 0.25) is 6.79 Å². The van der Waals surface area contributed by atoms with Crippen LogP contribution in [0.4, 0.5) is 4.79 Å². The van der Waals surface area contributed by atoms with Gasteiger partial charge in [-0.05, 0) is 12.8 Å². The number of rotatable bonds is 6. The van der Waals surface area contributed by atoms with Crippen molar-refractivity contribution < 1.29 is 37.9 Å². The average molecular weight is 311 g/mol. The number of esters is 1. The fraction of sp³-hybridized carbons (Fsp3) is 0.800. The largest absolute Gasteiger partial charge is 0.472 e. The number of likely N-dealkylation sites (tertiary alicyclic amines) is 1. The Morgan fingerprint density at radius 1 is 1.35 bits per heavy atom. The van der Waals surface area contributed by atoms with Gasteiger partial charge in [0.1, 0.15) is 6.61 Å². The van der Waals surface area contributed by atoms with E-state index in [9.17, 15) is 14.2 Å². The Morgan fingerprint density at radius 2 is 2.05 bits per heavy atom. The van der Waals surface area contributed by atoms with Gasteiger partial charge in [-0.15, -0.1) is 0 Å². The van der Waals surface area contributed by atoms with Gasteiger partial charge in [-0.2, -0.15) is 0 Å². The van der Waals surface area contributed by atoms with E-state index in [0.29, 0.717) is 13.0 Å². The van der Waals surface area contributed by atoms with Gasteiger partial charge in [0.15, 0.2) is 0 Å². The Hall–Kier alpha value is -1.15. The Labute approximate surface area is 116 Å². The maximum atomic E-state index is 11.7. The minimum absolute atomic E-state index is 0.0844. The molecule has 0 aliphatic carbocycles. The zero-order chi connectivity index (χ0) is 15.2. The van der Waals surface area contributed by atoms with Gasteiger partial charge < -0.3 is 24.2 Å². The molecular weight excluding hydrogens is 293 g/mol. The van der Waals surface area contributed by atoms with Crippen molar-refractivity contribution >= 4 is 19.9 Å². The molecule has 1 atom stereocenters. The van der Waals surface area contributed by atoms with Crippen LogP contribution in [0.25, 0.3) is 0 Å². The monoisotopic (exact) mass is 311 g/mol. The van der Waals surface area contributed by atoms with Crippen LogP contribution in [-0.4, -0.2) is 52.7 Å². The topological polar surface area (TPSA) is 123 Å². The van der Waals surface area contributed by atoms with Crippen LogP contribution in [0, 0.1) is 0 Å². The summed E-state index contributed by atoms with van der Waals surface area (Å²) in [5.74, 6) is -0.352. The van der Waals surface area contributed by atoms with Crippen molar-refractivity contribution in [3.63, 3.8) is 0 Å². The molecule has 1 unspecified atom stereocenters. The van der Waals surface area contributed by atoms with E-state index in [4.69, 9.17) is 14.5 Å². The molecule has 1 heterocycles. The Kier molecular flexibility index (Phi) is 6.41. The summed E-state index contributed by atoms with van der Waals surface area (Å²) in [5, 5.41) is 0. The highest BCUT2D eigenvalue weighted by atomic mass is 31.2. The maximum Gasteiger partial charge on any atom is 0.472 e. The van der Waals surface area contributed by atoms with E-state index in [1.165, 1.54) is 4.90 Å². The number of hydrogen-bond donors (Lipinski definition) is 2. The van der Waals surface area contributed by atoms with Gasteiger partial charge in [0, 0.05) is 13.0 Å². The molecule has 1 amide bonds. The summed E-state index contributed by atoms with van der Waals surface area (Å²) in [6, 6.07) is -0.284. The normalized spacial score (nSPS) is 18.9. The highest BCUT2D eigenvalue weighted by Gasteiger charge is 2.31. The molecule has 1 fully saturated rings. The lowest BCUT2D eigenvalue weighted by Gasteiger charge is -2.23. The first-order valence-corrected chi connectivity index (χ1v) is 7.65. The second-order valence-corrected chi connectivity index (χ2v) is 5.41. The minimum Gasteiger partial charge on any atom is -0.463 e. The number of amides is 1. The van der Waals surface area contributed by atoms with Crippen molar-refractivity contribution in [3.05, 3.63) is 0 Å². The molecule has 1 saturated heterocycles. The molecule has 1 rings (SSSR count). The molecule has 0 bridgehead atoms. The van der Waals surface area contributed by atoms with Gasteiger partial charge in [-0.25, -0.2) is 13.9 Å². The molecule has 10 heteroatoms. The van der Waals surface area contributed by atoms with E-state index in [-0.39, 0.29) is 25.0 Å². The standard InChI is InChI=1S/C10H18NO8P/c1-2-9(12)17-6-8-4-3-5-11(8)10(13)18-7-19-20(14,15)16/h8H,2-7H2,1H3,(H2,14,15,16). The van der Waals surface area contributed by atoms with Gasteiger partial charge >= 0.3 is 19.9 Å². The molecule has 1 aliphatic rings. The lowest BCUT2D eigenvalue weighted by atomic mass is 10.2. The molecule has 9 nitrogen and oxygen atoms in total. The number of phosphoric ester groups is 1. The zero-order valence-corrected chi connectivity index (χ0v) is 12.0. The van der Waals surface area contributed by atoms with Gasteiger partial charge in [0.05, 0.1) is 6.04 Å². The summed E-state index contributed by atoms with van der Waals surface area (Å²) in [6.45, 7) is 1.35. The second kappa shape index (κ2) is 7.58. The van der Waals surface area contributed by atoms with Crippen LogP contribution in [-0.2, 0) is 23.4 Å². The quantitative estimate of drug-likeness (QED) is 0.415. The van der Waals surface area contributed by atoms with Crippen LogP contribution < -0.4 is 0 Å². The van der Waals surface area contributed by atoms with E-state index in [0.717, 1.165) is 6.42 Å². The second-order valence-electron chi connectivity index (χ2n) is 4.17. The summed E-state index contributed by atoms with van der Waals surface area (Å²) in [7, 11) is -4.66. The fourth-order valence-corrected chi connectivity index (χ4v) is 1.96. The molecule has 0 aromatic rings.